The summed E-state index contributed by atoms with van der Waals surface area (Å²) in [6.07, 6.45) is 2.71. The Kier molecular flexibility index (Phi) is 7.54. The fraction of sp³-hybridized carbons (Fsp3) is 0.545. The number of carbonyl (C=O) groups excluding carboxylic acids is 2. The van der Waals surface area contributed by atoms with Gasteiger partial charge in [0.05, 0.1) is 12.7 Å². The number of hydrogen-bond acceptors (Lipinski definition) is 8. The van der Waals surface area contributed by atoms with Crippen LogP contribution in [-0.2, 0) is 32.5 Å². The Bertz CT molecular complexity index is 1100. The molecule has 4 rings (SSSR count). The lowest BCUT2D eigenvalue weighted by molar-refractivity contribution is -0.120. The molecule has 0 bridgehead atoms. The van der Waals surface area contributed by atoms with E-state index in [-0.39, 0.29) is 11.8 Å². The number of nitrogens with one attached hydrogen (secondary N) is 1. The summed E-state index contributed by atoms with van der Waals surface area (Å²) >= 11 is 2.65. The number of hydrogen-bond donors (Lipinski definition) is 1. The second-order valence-corrected chi connectivity index (χ2v) is 12.5. The molecule has 0 aliphatic carbocycles. The minimum atomic E-state index is -3.50. The van der Waals surface area contributed by atoms with Gasteiger partial charge in [0.2, 0.25) is 5.91 Å². The van der Waals surface area contributed by atoms with Gasteiger partial charge in [-0.05, 0) is 49.2 Å². The number of ether oxygens (including phenoxy) is 1. The van der Waals surface area contributed by atoms with Crippen LogP contribution < -0.4 is 5.32 Å². The number of sulfonamides is 1. The van der Waals surface area contributed by atoms with Crippen LogP contribution in [-0.4, -0.2) is 62.8 Å². The van der Waals surface area contributed by atoms with Crippen LogP contribution in [0.3, 0.4) is 0 Å². The highest BCUT2D eigenvalue weighted by atomic mass is 32.2. The lowest BCUT2D eigenvalue weighted by Gasteiger charge is -2.30. The third kappa shape index (κ3) is 5.02. The normalized spacial score (nSPS) is 18.1. The van der Waals surface area contributed by atoms with E-state index in [0.717, 1.165) is 42.9 Å². The van der Waals surface area contributed by atoms with E-state index in [1.54, 1.807) is 17.5 Å². The second-order valence-electron chi connectivity index (χ2n) is 8.33. The van der Waals surface area contributed by atoms with Gasteiger partial charge in [-0.2, -0.15) is 4.31 Å². The topological polar surface area (TPSA) is 96.0 Å². The van der Waals surface area contributed by atoms with Gasteiger partial charge in [-0.3, -0.25) is 9.69 Å². The number of amides is 1. The van der Waals surface area contributed by atoms with Crippen molar-refractivity contribution < 1.29 is 22.7 Å². The second kappa shape index (κ2) is 10.2. The Morgan fingerprint density at radius 3 is 2.64 bits per heavy atom. The van der Waals surface area contributed by atoms with E-state index >= 15 is 0 Å². The minimum Gasteiger partial charge on any atom is -0.465 e. The number of thiophene rings is 2. The Balaban J connectivity index is 1.45. The van der Waals surface area contributed by atoms with Gasteiger partial charge in [-0.25, -0.2) is 13.2 Å². The molecule has 180 valence electrons. The molecule has 0 atom stereocenters. The number of fused-ring (bicyclic) bond motifs is 1. The van der Waals surface area contributed by atoms with Crippen LogP contribution in [0.5, 0.6) is 0 Å². The predicted octanol–water partition coefficient (Wildman–Crippen LogP) is 3.40. The zero-order valence-electron chi connectivity index (χ0n) is 18.8. The molecule has 33 heavy (non-hydrogen) atoms. The summed E-state index contributed by atoms with van der Waals surface area (Å²) in [7, 11) is -2.15. The van der Waals surface area contributed by atoms with Crippen molar-refractivity contribution in [3.05, 3.63) is 33.5 Å². The van der Waals surface area contributed by atoms with Crippen LogP contribution in [0.2, 0.25) is 0 Å². The third-order valence-electron chi connectivity index (χ3n) is 6.22. The van der Waals surface area contributed by atoms with Gasteiger partial charge in [-0.15, -0.1) is 22.7 Å². The van der Waals surface area contributed by atoms with E-state index in [2.05, 4.69) is 17.1 Å². The van der Waals surface area contributed by atoms with E-state index in [0.29, 0.717) is 40.7 Å². The molecule has 1 fully saturated rings. The highest BCUT2D eigenvalue weighted by Gasteiger charge is 2.34. The van der Waals surface area contributed by atoms with Crippen LogP contribution in [0.4, 0.5) is 5.00 Å². The lowest BCUT2D eigenvalue weighted by Crippen LogP contribution is -2.41. The summed E-state index contributed by atoms with van der Waals surface area (Å²) in [4.78, 5) is 29.1. The van der Waals surface area contributed by atoms with Crippen LogP contribution in [0.1, 0.15) is 47.0 Å². The first-order valence-corrected chi connectivity index (χ1v) is 14.3. The molecular weight excluding hydrogens is 482 g/mol. The maximum absolute atomic E-state index is 13.1. The first kappa shape index (κ1) is 24.3. The molecular formula is C22H29N3O5S3. The molecule has 2 aromatic rings. The van der Waals surface area contributed by atoms with Gasteiger partial charge >= 0.3 is 5.97 Å². The number of methoxy groups -OCH3 is 1. The molecule has 0 unspecified atom stereocenters. The Labute approximate surface area is 202 Å². The molecule has 0 radical (unpaired) electrons. The number of esters is 1. The standard InChI is InChI=1S/C22H29N3O5S3/c1-3-9-24-10-8-16-17(14-24)32-21(19(16)22(27)30-2)23-20(26)15-6-11-25(12-7-15)33(28,29)18-5-4-13-31-18/h4-5,13,15H,3,6-12,14H2,1-2H3,(H,23,26). The fourth-order valence-corrected chi connectivity index (χ4v) is 8.37. The van der Waals surface area contributed by atoms with Gasteiger partial charge in [0.1, 0.15) is 9.21 Å². The molecule has 1 N–H and O–H groups in total. The molecule has 0 aromatic carbocycles. The quantitative estimate of drug-likeness (QED) is 0.573. The smallest absolute Gasteiger partial charge is 0.341 e. The molecule has 8 nitrogen and oxygen atoms in total. The average Bonchev–Trinajstić information content (AvgIpc) is 3.47. The zero-order chi connectivity index (χ0) is 23.6. The Morgan fingerprint density at radius 1 is 1.24 bits per heavy atom. The zero-order valence-corrected chi connectivity index (χ0v) is 21.3. The van der Waals surface area contributed by atoms with Gasteiger partial charge in [0.25, 0.3) is 10.0 Å². The van der Waals surface area contributed by atoms with E-state index in [1.165, 1.54) is 34.1 Å². The first-order chi connectivity index (χ1) is 15.8. The third-order valence-corrected chi connectivity index (χ3v) is 10.6. The number of piperidine rings is 1. The predicted molar refractivity (Wildman–Crippen MR) is 129 cm³/mol. The van der Waals surface area contributed by atoms with E-state index in [9.17, 15) is 18.0 Å². The first-order valence-electron chi connectivity index (χ1n) is 11.1. The maximum atomic E-state index is 13.1. The van der Waals surface area contributed by atoms with Crippen LogP contribution in [0.15, 0.2) is 21.7 Å². The molecule has 1 saturated heterocycles. The summed E-state index contributed by atoms with van der Waals surface area (Å²) in [6, 6.07) is 3.33. The van der Waals surface area contributed by atoms with Gasteiger partial charge in [0, 0.05) is 37.0 Å². The van der Waals surface area contributed by atoms with Crippen molar-refractivity contribution in [2.24, 2.45) is 5.92 Å². The van der Waals surface area contributed by atoms with E-state index in [4.69, 9.17) is 4.74 Å². The minimum absolute atomic E-state index is 0.169. The van der Waals surface area contributed by atoms with Gasteiger partial charge < -0.3 is 10.1 Å². The molecule has 2 aromatic heterocycles. The highest BCUT2D eigenvalue weighted by molar-refractivity contribution is 7.91. The summed E-state index contributed by atoms with van der Waals surface area (Å²) in [5.74, 6) is -0.901. The summed E-state index contributed by atoms with van der Waals surface area (Å²) in [5, 5.41) is 5.26. The molecule has 2 aliphatic rings. The van der Waals surface area contributed by atoms with Crippen LogP contribution >= 0.6 is 22.7 Å². The monoisotopic (exact) mass is 511 g/mol. The molecule has 0 saturated carbocycles. The van der Waals surface area contributed by atoms with Crippen LogP contribution in [0, 0.1) is 5.92 Å². The molecule has 4 heterocycles. The number of carbonyl (C=O) groups is 2. The molecule has 11 heteroatoms. The average molecular weight is 512 g/mol. The van der Waals surface area contributed by atoms with Gasteiger partial charge in [-0.1, -0.05) is 13.0 Å². The summed E-state index contributed by atoms with van der Waals surface area (Å²) in [6.45, 7) is 5.40. The number of rotatable bonds is 7. The van der Waals surface area contributed by atoms with E-state index in [1.807, 2.05) is 0 Å². The van der Waals surface area contributed by atoms with Crippen molar-refractivity contribution in [2.75, 3.05) is 38.6 Å². The van der Waals surface area contributed by atoms with Crippen LogP contribution in [0.25, 0.3) is 0 Å². The van der Waals surface area contributed by atoms with Crippen molar-refractivity contribution in [1.29, 1.82) is 0 Å². The SMILES string of the molecule is CCCN1CCc2c(sc(NC(=O)C3CCN(S(=O)(=O)c4cccs4)CC3)c2C(=O)OC)C1. The molecule has 2 aliphatic heterocycles. The number of nitrogens with zero attached hydrogens (tertiary/aromatic N) is 2. The molecule has 1 amide bonds. The van der Waals surface area contributed by atoms with Crippen molar-refractivity contribution >= 4 is 49.6 Å². The van der Waals surface area contributed by atoms with E-state index < -0.39 is 16.0 Å². The number of anilines is 1. The Hall–Kier alpha value is -1.79. The lowest BCUT2D eigenvalue weighted by atomic mass is 9.97. The Morgan fingerprint density at radius 2 is 2.00 bits per heavy atom. The van der Waals surface area contributed by atoms with Crippen molar-refractivity contribution in [2.45, 2.75) is 43.4 Å². The molecule has 0 spiro atoms. The highest BCUT2D eigenvalue weighted by Crippen LogP contribution is 2.38. The maximum Gasteiger partial charge on any atom is 0.341 e. The van der Waals surface area contributed by atoms with Crippen molar-refractivity contribution in [3.63, 3.8) is 0 Å². The van der Waals surface area contributed by atoms with Crippen molar-refractivity contribution in [1.82, 2.24) is 9.21 Å². The van der Waals surface area contributed by atoms with Crippen molar-refractivity contribution in [3.8, 4) is 0 Å². The largest absolute Gasteiger partial charge is 0.465 e. The summed E-state index contributed by atoms with van der Waals surface area (Å²) < 4.78 is 32.3. The van der Waals surface area contributed by atoms with Gasteiger partial charge in [0.15, 0.2) is 0 Å². The fourth-order valence-electron chi connectivity index (χ4n) is 4.48. The summed E-state index contributed by atoms with van der Waals surface area (Å²) in [5.41, 5.74) is 1.45.